The highest BCUT2D eigenvalue weighted by molar-refractivity contribution is 7.89. The van der Waals surface area contributed by atoms with Gasteiger partial charge in [0.1, 0.15) is 4.90 Å². The average molecular weight is 437 g/mol. The van der Waals surface area contributed by atoms with Gasteiger partial charge in [-0.05, 0) is 29.3 Å². The van der Waals surface area contributed by atoms with Gasteiger partial charge < -0.3 is 15.2 Å². The van der Waals surface area contributed by atoms with E-state index in [2.05, 4.69) is 5.32 Å². The van der Waals surface area contributed by atoms with Crippen LogP contribution in [0.1, 0.15) is 27.5 Å². The van der Waals surface area contributed by atoms with Crippen molar-refractivity contribution in [2.75, 3.05) is 26.3 Å². The molecule has 0 saturated carbocycles. The van der Waals surface area contributed by atoms with E-state index < -0.39 is 28.1 Å². The monoisotopic (exact) mass is 436 g/mol. The molecule has 2 aliphatic rings. The fraction of sp³-hybridized carbons (Fsp3) is 0.350. The fourth-order valence-electron chi connectivity index (χ4n) is 3.74. The minimum atomic E-state index is -3.84. The Bertz CT molecular complexity index is 1040. The van der Waals surface area contributed by atoms with Gasteiger partial charge in [-0.3, -0.25) is 4.79 Å². The highest BCUT2D eigenvalue weighted by Crippen LogP contribution is 2.32. The van der Waals surface area contributed by atoms with Crippen molar-refractivity contribution in [1.29, 1.82) is 0 Å². The molecular weight excluding hydrogens is 416 g/mol. The number of nitrogens with zero attached hydrogens (tertiary/aromatic N) is 1. The van der Waals surface area contributed by atoms with Crippen LogP contribution in [0.15, 0.2) is 47.4 Å². The van der Waals surface area contributed by atoms with E-state index >= 15 is 0 Å². The molecule has 29 heavy (non-hydrogen) atoms. The van der Waals surface area contributed by atoms with Crippen molar-refractivity contribution in [3.63, 3.8) is 0 Å². The molecule has 0 unspecified atom stereocenters. The van der Waals surface area contributed by atoms with Crippen molar-refractivity contribution in [3.05, 3.63) is 64.2 Å². The molecular formula is C20H21ClN2O5S. The van der Waals surface area contributed by atoms with Gasteiger partial charge in [-0.25, -0.2) is 8.42 Å². The number of benzene rings is 2. The summed E-state index contributed by atoms with van der Waals surface area (Å²) in [6.45, 7) is 1.10. The van der Waals surface area contributed by atoms with Crippen molar-refractivity contribution in [1.82, 2.24) is 9.62 Å². The molecule has 1 aliphatic carbocycles. The molecule has 1 aliphatic heterocycles. The van der Waals surface area contributed by atoms with Gasteiger partial charge in [0.15, 0.2) is 0 Å². The minimum Gasteiger partial charge on any atom is -0.390 e. The highest BCUT2D eigenvalue weighted by Gasteiger charge is 2.33. The first-order valence-corrected chi connectivity index (χ1v) is 11.1. The maximum Gasteiger partial charge on any atom is 0.251 e. The van der Waals surface area contributed by atoms with Crippen molar-refractivity contribution in [3.8, 4) is 0 Å². The van der Waals surface area contributed by atoms with Gasteiger partial charge in [-0.1, -0.05) is 35.9 Å². The topological polar surface area (TPSA) is 95.9 Å². The van der Waals surface area contributed by atoms with Crippen molar-refractivity contribution in [2.24, 2.45) is 0 Å². The molecule has 1 fully saturated rings. The fourth-order valence-corrected chi connectivity index (χ4v) is 5.65. The smallest absolute Gasteiger partial charge is 0.251 e. The number of ether oxygens (including phenoxy) is 1. The van der Waals surface area contributed by atoms with E-state index in [-0.39, 0.29) is 28.6 Å². The lowest BCUT2D eigenvalue weighted by atomic mass is 10.1. The Balaban J connectivity index is 1.60. The standard InChI is InChI=1S/C20H21ClN2O5S/c21-16-6-5-14(12-18(16)29(26,27)23-7-9-28-10-8-23)20(25)22-19-15-4-2-1-3-13(15)11-17(19)24/h1-6,12,17,19,24H,7-11H2,(H,22,25)/t17-,19+/m0/s1. The molecule has 4 rings (SSSR count). The Kier molecular flexibility index (Phi) is 5.63. The third-order valence-electron chi connectivity index (χ3n) is 5.27. The number of hydrogen-bond donors (Lipinski definition) is 2. The Morgan fingerprint density at radius 1 is 1.17 bits per heavy atom. The zero-order valence-electron chi connectivity index (χ0n) is 15.5. The summed E-state index contributed by atoms with van der Waals surface area (Å²) in [6.07, 6.45) is -0.279. The number of carbonyl (C=O) groups excluding carboxylic acids is 1. The van der Waals surface area contributed by atoms with E-state index in [4.69, 9.17) is 16.3 Å². The molecule has 2 aromatic carbocycles. The second-order valence-electron chi connectivity index (χ2n) is 7.08. The van der Waals surface area contributed by atoms with Crippen LogP contribution in [0.3, 0.4) is 0 Å². The largest absolute Gasteiger partial charge is 0.390 e. The van der Waals surface area contributed by atoms with E-state index in [1.54, 1.807) is 0 Å². The van der Waals surface area contributed by atoms with Crippen molar-refractivity contribution in [2.45, 2.75) is 23.5 Å². The van der Waals surface area contributed by atoms with Crippen LogP contribution in [0.5, 0.6) is 0 Å². The van der Waals surface area contributed by atoms with Crippen LogP contribution in [-0.2, 0) is 21.2 Å². The van der Waals surface area contributed by atoms with Crippen LogP contribution < -0.4 is 5.32 Å². The van der Waals surface area contributed by atoms with Gasteiger partial charge in [-0.15, -0.1) is 0 Å². The number of aliphatic hydroxyl groups is 1. The predicted molar refractivity (Wildman–Crippen MR) is 107 cm³/mol. The SMILES string of the molecule is O=C(N[C@@H]1c2ccccc2C[C@@H]1O)c1ccc(Cl)c(S(=O)(=O)N2CCOCC2)c1. The van der Waals surface area contributed by atoms with E-state index in [9.17, 15) is 18.3 Å². The molecule has 0 radical (unpaired) electrons. The maximum atomic E-state index is 13.0. The Morgan fingerprint density at radius 3 is 2.66 bits per heavy atom. The van der Waals surface area contributed by atoms with Gasteiger partial charge in [0.25, 0.3) is 5.91 Å². The lowest BCUT2D eigenvalue weighted by Gasteiger charge is -2.26. The van der Waals surface area contributed by atoms with Crippen LogP contribution in [-0.4, -0.2) is 56.1 Å². The molecule has 1 heterocycles. The molecule has 9 heteroatoms. The number of aliphatic hydroxyl groups excluding tert-OH is 1. The molecule has 0 bridgehead atoms. The van der Waals surface area contributed by atoms with E-state index in [0.717, 1.165) is 11.1 Å². The Labute approximate surface area is 174 Å². The lowest BCUT2D eigenvalue weighted by Crippen LogP contribution is -2.40. The summed E-state index contributed by atoms with van der Waals surface area (Å²) in [6, 6.07) is 11.1. The molecule has 2 atom stereocenters. The first-order valence-electron chi connectivity index (χ1n) is 9.32. The summed E-state index contributed by atoms with van der Waals surface area (Å²) in [5.74, 6) is -0.471. The predicted octanol–water partition coefficient (Wildman–Crippen LogP) is 1.75. The summed E-state index contributed by atoms with van der Waals surface area (Å²) in [5.41, 5.74) is 2.01. The molecule has 1 amide bonds. The second kappa shape index (κ2) is 8.04. The number of hydrogen-bond acceptors (Lipinski definition) is 5. The Morgan fingerprint density at radius 2 is 1.90 bits per heavy atom. The second-order valence-corrected chi connectivity index (χ2v) is 9.40. The number of carbonyl (C=O) groups is 1. The van der Waals surface area contributed by atoms with Crippen LogP contribution in [0.25, 0.3) is 0 Å². The first-order chi connectivity index (χ1) is 13.9. The molecule has 2 N–H and O–H groups in total. The van der Waals surface area contributed by atoms with E-state index in [0.29, 0.717) is 19.6 Å². The van der Waals surface area contributed by atoms with Gasteiger partial charge in [0.2, 0.25) is 10.0 Å². The van der Waals surface area contributed by atoms with E-state index in [1.807, 2.05) is 24.3 Å². The molecule has 0 aromatic heterocycles. The quantitative estimate of drug-likeness (QED) is 0.761. The van der Waals surface area contributed by atoms with Crippen molar-refractivity contribution < 1.29 is 23.1 Å². The van der Waals surface area contributed by atoms with Crippen LogP contribution in [0.4, 0.5) is 0 Å². The lowest BCUT2D eigenvalue weighted by molar-refractivity contribution is 0.0730. The van der Waals surface area contributed by atoms with Crippen molar-refractivity contribution >= 4 is 27.5 Å². The van der Waals surface area contributed by atoms with Gasteiger partial charge in [-0.2, -0.15) is 4.31 Å². The van der Waals surface area contributed by atoms with Gasteiger partial charge in [0.05, 0.1) is 30.4 Å². The van der Waals surface area contributed by atoms with Crippen LogP contribution in [0, 0.1) is 0 Å². The number of amides is 1. The number of halogens is 1. The van der Waals surface area contributed by atoms with Gasteiger partial charge in [0, 0.05) is 25.1 Å². The number of fused-ring (bicyclic) bond motifs is 1. The molecule has 154 valence electrons. The third-order valence-corrected chi connectivity index (χ3v) is 7.65. The van der Waals surface area contributed by atoms with Gasteiger partial charge >= 0.3 is 0 Å². The molecule has 2 aromatic rings. The molecule has 1 saturated heterocycles. The number of rotatable bonds is 4. The summed E-state index contributed by atoms with van der Waals surface area (Å²) >= 11 is 6.16. The number of sulfonamides is 1. The summed E-state index contributed by atoms with van der Waals surface area (Å²) in [4.78, 5) is 12.7. The summed E-state index contributed by atoms with van der Waals surface area (Å²) in [5, 5.41) is 13.2. The zero-order valence-corrected chi connectivity index (χ0v) is 17.1. The highest BCUT2D eigenvalue weighted by atomic mass is 35.5. The molecule has 7 nitrogen and oxygen atoms in total. The van der Waals surface area contributed by atoms with Crippen LogP contribution >= 0.6 is 11.6 Å². The van der Waals surface area contributed by atoms with Crippen LogP contribution in [0.2, 0.25) is 5.02 Å². The third kappa shape index (κ3) is 3.91. The number of morpholine rings is 1. The number of nitrogens with one attached hydrogen (secondary N) is 1. The zero-order chi connectivity index (χ0) is 20.6. The molecule has 0 spiro atoms. The Hall–Kier alpha value is -1.97. The normalized spacial score (nSPS) is 22.3. The minimum absolute atomic E-state index is 0.0549. The first kappa shape index (κ1) is 20.3. The maximum absolute atomic E-state index is 13.0. The summed E-state index contributed by atoms with van der Waals surface area (Å²) < 4.78 is 32.4. The summed E-state index contributed by atoms with van der Waals surface area (Å²) in [7, 11) is -3.84. The average Bonchev–Trinajstić information content (AvgIpc) is 3.04. The van der Waals surface area contributed by atoms with E-state index in [1.165, 1.54) is 22.5 Å².